The molecule has 5 heteroatoms. The highest BCUT2D eigenvalue weighted by molar-refractivity contribution is 5.81. The van der Waals surface area contributed by atoms with Gasteiger partial charge in [0.15, 0.2) is 11.5 Å². The quantitative estimate of drug-likeness (QED) is 0.548. The molecule has 0 heterocycles. The van der Waals surface area contributed by atoms with Gasteiger partial charge in [-0.3, -0.25) is 14.4 Å². The van der Waals surface area contributed by atoms with E-state index in [1.54, 1.807) is 18.2 Å². The molecule has 0 amide bonds. The van der Waals surface area contributed by atoms with Crippen LogP contribution >= 0.6 is 0 Å². The third-order valence-corrected chi connectivity index (χ3v) is 4.18. The maximum atomic E-state index is 12.3. The van der Waals surface area contributed by atoms with E-state index in [2.05, 4.69) is 0 Å². The summed E-state index contributed by atoms with van der Waals surface area (Å²) in [6, 6.07) is 11.0. The second-order valence-corrected chi connectivity index (χ2v) is 6.60. The van der Waals surface area contributed by atoms with Crippen LogP contribution in [0.15, 0.2) is 36.4 Å². The molecule has 0 fully saturated rings. The SMILES string of the molecule is CC(=O)Oc1ccc(CCC(=O)Cc2ccc(C)c(C)c2)cc1OC(C)=O. The highest BCUT2D eigenvalue weighted by atomic mass is 16.6. The Labute approximate surface area is 159 Å². The predicted octanol–water partition coefficient (Wildman–Crippen LogP) is 3.90. The fourth-order valence-electron chi connectivity index (χ4n) is 2.70. The number of hydrogen-bond acceptors (Lipinski definition) is 5. The van der Waals surface area contributed by atoms with Gasteiger partial charge in [0, 0.05) is 26.7 Å². The molecule has 0 bridgehead atoms. The van der Waals surface area contributed by atoms with Gasteiger partial charge in [0.2, 0.25) is 0 Å². The van der Waals surface area contributed by atoms with E-state index in [1.807, 2.05) is 32.0 Å². The van der Waals surface area contributed by atoms with Gasteiger partial charge in [0.1, 0.15) is 5.78 Å². The van der Waals surface area contributed by atoms with Crippen molar-refractivity contribution in [1.29, 1.82) is 0 Å². The number of benzene rings is 2. The molecule has 2 aromatic carbocycles. The van der Waals surface area contributed by atoms with E-state index in [-0.39, 0.29) is 17.3 Å². The first kappa shape index (κ1) is 20.4. The molecule has 0 N–H and O–H groups in total. The molecule has 2 aromatic rings. The third kappa shape index (κ3) is 6.37. The summed E-state index contributed by atoms with van der Waals surface area (Å²) < 4.78 is 10.2. The lowest BCUT2D eigenvalue weighted by molar-refractivity contribution is -0.134. The number of Topliss-reactive ketones (excluding diaryl/α,β-unsaturated/α-hetero) is 1. The summed E-state index contributed by atoms with van der Waals surface area (Å²) in [5, 5.41) is 0. The first-order chi connectivity index (χ1) is 12.7. The van der Waals surface area contributed by atoms with Crippen LogP contribution in [0.3, 0.4) is 0 Å². The van der Waals surface area contributed by atoms with Crippen LogP contribution in [-0.2, 0) is 27.2 Å². The van der Waals surface area contributed by atoms with Crippen LogP contribution in [0, 0.1) is 13.8 Å². The zero-order valence-electron chi connectivity index (χ0n) is 16.1. The van der Waals surface area contributed by atoms with E-state index < -0.39 is 11.9 Å². The molecule has 2 rings (SSSR count). The lowest BCUT2D eigenvalue weighted by Crippen LogP contribution is -2.08. The molecule has 0 unspecified atom stereocenters. The van der Waals surface area contributed by atoms with Crippen LogP contribution in [0.2, 0.25) is 0 Å². The van der Waals surface area contributed by atoms with E-state index in [9.17, 15) is 14.4 Å². The Balaban J connectivity index is 2.03. The molecule has 0 aliphatic carbocycles. The molecule has 0 saturated carbocycles. The number of esters is 2. The van der Waals surface area contributed by atoms with Crippen LogP contribution in [0.1, 0.15) is 42.5 Å². The summed E-state index contributed by atoms with van der Waals surface area (Å²) >= 11 is 0. The zero-order chi connectivity index (χ0) is 20.0. The Kier molecular flexibility index (Phi) is 6.88. The van der Waals surface area contributed by atoms with Crippen LogP contribution in [0.5, 0.6) is 11.5 Å². The van der Waals surface area contributed by atoms with Gasteiger partial charge in [-0.15, -0.1) is 0 Å². The van der Waals surface area contributed by atoms with Gasteiger partial charge in [-0.25, -0.2) is 0 Å². The molecule has 27 heavy (non-hydrogen) atoms. The van der Waals surface area contributed by atoms with Gasteiger partial charge in [-0.05, 0) is 54.7 Å². The summed E-state index contributed by atoms with van der Waals surface area (Å²) in [6.07, 6.45) is 1.28. The lowest BCUT2D eigenvalue weighted by Gasteiger charge is -2.10. The number of carbonyl (C=O) groups excluding carboxylic acids is 3. The summed E-state index contributed by atoms with van der Waals surface area (Å²) in [6.45, 7) is 6.62. The highest BCUT2D eigenvalue weighted by Gasteiger charge is 2.12. The van der Waals surface area contributed by atoms with Crippen LogP contribution in [-0.4, -0.2) is 17.7 Å². The van der Waals surface area contributed by atoms with Gasteiger partial charge in [-0.2, -0.15) is 0 Å². The van der Waals surface area contributed by atoms with Crippen LogP contribution < -0.4 is 9.47 Å². The van der Waals surface area contributed by atoms with Crippen molar-refractivity contribution >= 4 is 17.7 Å². The lowest BCUT2D eigenvalue weighted by atomic mass is 9.99. The largest absolute Gasteiger partial charge is 0.423 e. The van der Waals surface area contributed by atoms with Gasteiger partial charge in [0.25, 0.3) is 0 Å². The summed E-state index contributed by atoms with van der Waals surface area (Å²) in [4.78, 5) is 34.7. The van der Waals surface area contributed by atoms with Crippen LogP contribution in [0.4, 0.5) is 0 Å². The summed E-state index contributed by atoms with van der Waals surface area (Å²) in [5.41, 5.74) is 4.22. The van der Waals surface area contributed by atoms with E-state index in [4.69, 9.17) is 9.47 Å². The van der Waals surface area contributed by atoms with Crippen molar-refractivity contribution in [3.05, 3.63) is 58.7 Å². The third-order valence-electron chi connectivity index (χ3n) is 4.18. The van der Waals surface area contributed by atoms with Crippen LogP contribution in [0.25, 0.3) is 0 Å². The summed E-state index contributed by atoms with van der Waals surface area (Å²) in [5.74, 6) is -0.512. The molecule has 0 aliphatic rings. The van der Waals surface area contributed by atoms with E-state index in [0.29, 0.717) is 19.3 Å². The Bertz CT molecular complexity index is 867. The van der Waals surface area contributed by atoms with Crippen molar-refractivity contribution in [2.45, 2.75) is 47.0 Å². The molecule has 0 aliphatic heterocycles. The topological polar surface area (TPSA) is 69.7 Å². The van der Waals surface area contributed by atoms with Crippen molar-refractivity contribution in [2.75, 3.05) is 0 Å². The molecule has 0 aromatic heterocycles. The normalized spacial score (nSPS) is 10.4. The number of ether oxygens (including phenoxy) is 2. The van der Waals surface area contributed by atoms with Gasteiger partial charge in [-0.1, -0.05) is 24.3 Å². The van der Waals surface area contributed by atoms with Gasteiger partial charge < -0.3 is 9.47 Å². The molecule has 0 radical (unpaired) electrons. The second kappa shape index (κ2) is 9.12. The van der Waals surface area contributed by atoms with E-state index >= 15 is 0 Å². The average molecular weight is 368 g/mol. The summed E-state index contributed by atoms with van der Waals surface area (Å²) in [7, 11) is 0. The molecule has 0 spiro atoms. The molecule has 142 valence electrons. The Hall–Kier alpha value is -2.95. The second-order valence-electron chi connectivity index (χ2n) is 6.60. The minimum Gasteiger partial charge on any atom is -0.423 e. The van der Waals surface area contributed by atoms with Crippen molar-refractivity contribution in [3.8, 4) is 11.5 Å². The zero-order valence-corrected chi connectivity index (χ0v) is 16.1. The molecule has 5 nitrogen and oxygen atoms in total. The van der Waals surface area contributed by atoms with Crippen molar-refractivity contribution in [3.63, 3.8) is 0 Å². The Morgan fingerprint density at radius 3 is 2.04 bits per heavy atom. The first-order valence-corrected chi connectivity index (χ1v) is 8.82. The van der Waals surface area contributed by atoms with Gasteiger partial charge >= 0.3 is 11.9 Å². The standard InChI is InChI=1S/C22H24O5/c1-14-5-6-19(11-15(14)2)12-20(25)9-7-18-8-10-21(26-16(3)23)22(13-18)27-17(4)24/h5-6,8,10-11,13H,7,9,12H2,1-4H3. The predicted molar refractivity (Wildman–Crippen MR) is 102 cm³/mol. The number of ketones is 1. The molecular weight excluding hydrogens is 344 g/mol. The number of aryl methyl sites for hydroxylation is 3. The number of rotatable bonds is 7. The van der Waals surface area contributed by atoms with Gasteiger partial charge in [0.05, 0.1) is 0 Å². The maximum absolute atomic E-state index is 12.3. The monoisotopic (exact) mass is 368 g/mol. The van der Waals surface area contributed by atoms with E-state index in [1.165, 1.54) is 25.0 Å². The fraction of sp³-hybridized carbons (Fsp3) is 0.318. The first-order valence-electron chi connectivity index (χ1n) is 8.82. The molecular formula is C22H24O5. The maximum Gasteiger partial charge on any atom is 0.308 e. The number of hydrogen-bond donors (Lipinski definition) is 0. The van der Waals surface area contributed by atoms with Crippen molar-refractivity contribution in [1.82, 2.24) is 0 Å². The fourth-order valence-corrected chi connectivity index (χ4v) is 2.70. The van der Waals surface area contributed by atoms with E-state index in [0.717, 1.165) is 11.1 Å². The van der Waals surface area contributed by atoms with Crippen molar-refractivity contribution < 1.29 is 23.9 Å². The molecule has 0 atom stereocenters. The van der Waals surface area contributed by atoms with Crippen molar-refractivity contribution in [2.24, 2.45) is 0 Å². The minimum absolute atomic E-state index is 0.136. The highest BCUT2D eigenvalue weighted by Crippen LogP contribution is 2.29. The molecule has 0 saturated heterocycles. The smallest absolute Gasteiger partial charge is 0.308 e. The number of carbonyl (C=O) groups is 3. The Morgan fingerprint density at radius 1 is 0.778 bits per heavy atom. The average Bonchev–Trinajstić information content (AvgIpc) is 2.57. The Morgan fingerprint density at radius 2 is 1.41 bits per heavy atom. The minimum atomic E-state index is -0.508.